The first kappa shape index (κ1) is 19.8. The van der Waals surface area contributed by atoms with E-state index in [4.69, 9.17) is 0 Å². The molecule has 8 nitrogen and oxygen atoms in total. The Labute approximate surface area is 170 Å². The summed E-state index contributed by atoms with van der Waals surface area (Å²) in [7, 11) is 0. The first-order valence-corrected chi connectivity index (χ1v) is 9.69. The maximum absolute atomic E-state index is 13.0. The number of halogens is 1. The normalized spacial score (nSPS) is 18.4. The molecule has 0 saturated carbocycles. The third-order valence-corrected chi connectivity index (χ3v) is 5.52. The number of ketones is 1. The van der Waals surface area contributed by atoms with Crippen LogP contribution < -0.4 is 10.7 Å². The topological polar surface area (TPSA) is 109 Å². The molecule has 0 radical (unpaired) electrons. The van der Waals surface area contributed by atoms with Crippen molar-refractivity contribution in [2.24, 2.45) is 0 Å². The molecule has 2 aliphatic heterocycles. The predicted molar refractivity (Wildman–Crippen MR) is 104 cm³/mol. The van der Waals surface area contributed by atoms with Crippen molar-refractivity contribution in [3.63, 3.8) is 0 Å². The van der Waals surface area contributed by atoms with Crippen LogP contribution in [0, 0.1) is 5.82 Å². The molecule has 0 bridgehead atoms. The van der Waals surface area contributed by atoms with E-state index < -0.39 is 34.9 Å². The molecule has 0 spiro atoms. The average molecular weight is 413 g/mol. The van der Waals surface area contributed by atoms with Gasteiger partial charge in [0.15, 0.2) is 17.2 Å². The largest absolute Gasteiger partial charge is 0.503 e. The van der Waals surface area contributed by atoms with Gasteiger partial charge in [-0.05, 0) is 30.5 Å². The smallest absolute Gasteiger partial charge is 0.275 e. The Morgan fingerprint density at radius 2 is 1.90 bits per heavy atom. The van der Waals surface area contributed by atoms with Crippen LogP contribution in [0.15, 0.2) is 35.3 Å². The number of hydrogen-bond donors (Lipinski definition) is 2. The summed E-state index contributed by atoms with van der Waals surface area (Å²) in [5.74, 6) is -2.61. The Balaban J connectivity index is 1.64. The van der Waals surface area contributed by atoms with Crippen LogP contribution >= 0.6 is 0 Å². The SMILES string of the molecule is O=C(NCc1ccc(F)cc1)c1cn2c(c(O)c1=O)C(=O)N1CCCCC(=O)C1C2. The number of pyridine rings is 1. The van der Waals surface area contributed by atoms with E-state index in [2.05, 4.69) is 5.32 Å². The molecule has 2 N–H and O–H groups in total. The summed E-state index contributed by atoms with van der Waals surface area (Å²) < 4.78 is 14.3. The molecule has 1 unspecified atom stereocenters. The van der Waals surface area contributed by atoms with E-state index in [-0.39, 0.29) is 30.1 Å². The fraction of sp³-hybridized carbons (Fsp3) is 0.333. The first-order valence-electron chi connectivity index (χ1n) is 9.69. The lowest BCUT2D eigenvalue weighted by atomic mass is 10.0. The number of carbonyl (C=O) groups excluding carboxylic acids is 3. The third-order valence-electron chi connectivity index (χ3n) is 5.52. The monoisotopic (exact) mass is 413 g/mol. The van der Waals surface area contributed by atoms with Crippen LogP contribution in [0.2, 0.25) is 0 Å². The van der Waals surface area contributed by atoms with Gasteiger partial charge < -0.3 is 19.9 Å². The number of nitrogens with zero attached hydrogens (tertiary/aromatic N) is 2. The van der Waals surface area contributed by atoms with Crippen molar-refractivity contribution in [1.82, 2.24) is 14.8 Å². The maximum Gasteiger partial charge on any atom is 0.275 e. The van der Waals surface area contributed by atoms with Crippen molar-refractivity contribution in [3.8, 4) is 5.75 Å². The Morgan fingerprint density at radius 3 is 2.63 bits per heavy atom. The number of amides is 2. The molecular formula is C21H20FN3O5. The van der Waals surface area contributed by atoms with Crippen LogP contribution in [-0.4, -0.2) is 44.8 Å². The molecule has 1 aromatic carbocycles. The summed E-state index contributed by atoms with van der Waals surface area (Å²) in [6, 6.07) is 4.82. The average Bonchev–Trinajstić information content (AvgIpc) is 2.91. The van der Waals surface area contributed by atoms with Crippen molar-refractivity contribution in [3.05, 3.63) is 63.3 Å². The number of hydrogen-bond acceptors (Lipinski definition) is 5. The second kappa shape index (κ2) is 7.74. The summed E-state index contributed by atoms with van der Waals surface area (Å²) in [6.07, 6.45) is 2.92. The lowest BCUT2D eigenvalue weighted by Crippen LogP contribution is -2.52. The van der Waals surface area contributed by atoms with Gasteiger partial charge in [-0.3, -0.25) is 19.2 Å². The molecule has 2 amide bonds. The Hall–Kier alpha value is -3.49. The molecule has 9 heteroatoms. The van der Waals surface area contributed by atoms with Gasteiger partial charge in [0.25, 0.3) is 11.8 Å². The fourth-order valence-corrected chi connectivity index (χ4v) is 3.90. The molecule has 3 heterocycles. The number of benzene rings is 1. The number of Topliss-reactive ketones (excluding diaryl/α,β-unsaturated/α-hetero) is 1. The van der Waals surface area contributed by atoms with Gasteiger partial charge in [-0.2, -0.15) is 0 Å². The minimum atomic E-state index is -0.953. The van der Waals surface area contributed by atoms with Crippen LogP contribution in [0.1, 0.15) is 45.7 Å². The van der Waals surface area contributed by atoms with E-state index >= 15 is 0 Å². The van der Waals surface area contributed by atoms with E-state index in [1.165, 1.54) is 39.9 Å². The quantitative estimate of drug-likeness (QED) is 0.786. The third kappa shape index (κ3) is 3.47. The highest BCUT2D eigenvalue weighted by Gasteiger charge is 2.39. The van der Waals surface area contributed by atoms with Crippen molar-refractivity contribution >= 4 is 17.6 Å². The van der Waals surface area contributed by atoms with Gasteiger partial charge in [0, 0.05) is 25.7 Å². The van der Waals surface area contributed by atoms with Gasteiger partial charge in [0.1, 0.15) is 17.4 Å². The predicted octanol–water partition coefficient (Wildman–Crippen LogP) is 1.20. The molecule has 1 aromatic heterocycles. The van der Waals surface area contributed by atoms with Crippen molar-refractivity contribution in [2.45, 2.75) is 38.4 Å². The zero-order chi connectivity index (χ0) is 21.4. The van der Waals surface area contributed by atoms with Crippen LogP contribution in [0.4, 0.5) is 4.39 Å². The number of carbonyl (C=O) groups is 3. The lowest BCUT2D eigenvalue weighted by Gasteiger charge is -2.35. The number of aromatic nitrogens is 1. The van der Waals surface area contributed by atoms with Crippen molar-refractivity contribution < 1.29 is 23.9 Å². The minimum Gasteiger partial charge on any atom is -0.503 e. The van der Waals surface area contributed by atoms with E-state index in [0.717, 1.165) is 0 Å². The van der Waals surface area contributed by atoms with Crippen LogP contribution in [0.3, 0.4) is 0 Å². The summed E-state index contributed by atoms with van der Waals surface area (Å²) in [5, 5.41) is 12.9. The molecule has 2 aromatic rings. The van der Waals surface area contributed by atoms with Crippen molar-refractivity contribution in [1.29, 1.82) is 0 Å². The van der Waals surface area contributed by atoms with Crippen LogP contribution in [0.25, 0.3) is 0 Å². The highest BCUT2D eigenvalue weighted by Crippen LogP contribution is 2.27. The summed E-state index contributed by atoms with van der Waals surface area (Å²) >= 11 is 0. The summed E-state index contributed by atoms with van der Waals surface area (Å²) in [4.78, 5) is 51.8. The molecule has 1 atom stereocenters. The van der Waals surface area contributed by atoms with Gasteiger partial charge in [0.2, 0.25) is 5.43 Å². The number of fused-ring (bicyclic) bond motifs is 2. The van der Waals surface area contributed by atoms with Crippen LogP contribution in [-0.2, 0) is 17.9 Å². The Bertz CT molecular complexity index is 1090. The molecule has 4 rings (SSSR count). The maximum atomic E-state index is 13.0. The van der Waals surface area contributed by atoms with E-state index in [1.54, 1.807) is 0 Å². The fourth-order valence-electron chi connectivity index (χ4n) is 3.90. The Morgan fingerprint density at radius 1 is 1.17 bits per heavy atom. The van der Waals surface area contributed by atoms with Crippen LogP contribution in [0.5, 0.6) is 5.75 Å². The number of rotatable bonds is 3. The second-order valence-electron chi connectivity index (χ2n) is 7.47. The second-order valence-corrected chi connectivity index (χ2v) is 7.47. The Kier molecular flexibility index (Phi) is 5.11. The molecular weight excluding hydrogens is 393 g/mol. The zero-order valence-corrected chi connectivity index (χ0v) is 16.1. The van der Waals surface area contributed by atoms with Gasteiger partial charge in [-0.15, -0.1) is 0 Å². The number of nitrogens with one attached hydrogen (secondary N) is 1. The van der Waals surface area contributed by atoms with E-state index in [0.29, 0.717) is 31.4 Å². The van der Waals surface area contributed by atoms with Gasteiger partial charge in [0.05, 0.1) is 6.54 Å². The molecule has 30 heavy (non-hydrogen) atoms. The number of aromatic hydroxyl groups is 1. The van der Waals surface area contributed by atoms with Gasteiger partial charge in [-0.25, -0.2) is 4.39 Å². The standard InChI is InChI=1S/C21H20FN3O5/c22-13-6-4-12(5-7-13)9-23-20(29)14-10-24-11-15-16(26)3-1-2-8-25(15)21(30)17(24)19(28)18(14)27/h4-7,10,15,28H,1-3,8-9,11H2,(H,23,29). The summed E-state index contributed by atoms with van der Waals surface area (Å²) in [6.45, 7) is 0.504. The highest BCUT2D eigenvalue weighted by molar-refractivity contribution is 6.01. The minimum absolute atomic E-state index is 0.0505. The summed E-state index contributed by atoms with van der Waals surface area (Å²) in [5.41, 5.74) is -0.866. The first-order chi connectivity index (χ1) is 14.4. The van der Waals surface area contributed by atoms with E-state index in [9.17, 15) is 28.7 Å². The van der Waals surface area contributed by atoms with Gasteiger partial charge >= 0.3 is 0 Å². The zero-order valence-electron chi connectivity index (χ0n) is 16.1. The lowest BCUT2D eigenvalue weighted by molar-refractivity contribution is -0.123. The molecule has 2 aliphatic rings. The van der Waals surface area contributed by atoms with Gasteiger partial charge in [-0.1, -0.05) is 12.1 Å². The molecule has 1 saturated heterocycles. The molecule has 1 fully saturated rings. The van der Waals surface area contributed by atoms with E-state index in [1.807, 2.05) is 0 Å². The molecule has 156 valence electrons. The highest BCUT2D eigenvalue weighted by atomic mass is 19.1. The molecule has 0 aliphatic carbocycles. The van der Waals surface area contributed by atoms with Crippen molar-refractivity contribution in [2.75, 3.05) is 6.54 Å².